The quantitative estimate of drug-likeness (QED) is 0.832. The number of ether oxygens (including phenoxy) is 1. The third-order valence-electron chi connectivity index (χ3n) is 3.85. The summed E-state index contributed by atoms with van der Waals surface area (Å²) in [6.45, 7) is 3.94. The predicted octanol–water partition coefficient (Wildman–Crippen LogP) is 0.513. The van der Waals surface area contributed by atoms with Gasteiger partial charge in [-0.1, -0.05) is 12.1 Å². The molecule has 19 heavy (non-hydrogen) atoms. The number of anilines is 1. The molecule has 1 aromatic rings. The van der Waals surface area contributed by atoms with Gasteiger partial charge in [-0.2, -0.15) is 0 Å². The Labute approximate surface area is 112 Å². The van der Waals surface area contributed by atoms with Crippen LogP contribution in [-0.4, -0.2) is 43.7 Å². The molecule has 3 rings (SSSR count). The van der Waals surface area contributed by atoms with Gasteiger partial charge in [0.15, 0.2) is 0 Å². The second kappa shape index (κ2) is 5.28. The molecule has 0 bridgehead atoms. The van der Waals surface area contributed by atoms with Crippen molar-refractivity contribution < 1.29 is 9.53 Å². The number of benzene rings is 1. The molecule has 1 amide bonds. The van der Waals surface area contributed by atoms with Crippen molar-refractivity contribution >= 4 is 11.6 Å². The molecule has 3 N–H and O–H groups in total. The molecule has 5 heteroatoms. The molecule has 0 saturated carbocycles. The summed E-state index contributed by atoms with van der Waals surface area (Å²) in [4.78, 5) is 13.7. The van der Waals surface area contributed by atoms with Gasteiger partial charge >= 0.3 is 0 Å². The zero-order valence-electron chi connectivity index (χ0n) is 10.9. The molecular formula is C14H19N3O2. The number of nitrogens with one attached hydrogen (secondary N) is 1. The van der Waals surface area contributed by atoms with Crippen molar-refractivity contribution in [3.63, 3.8) is 0 Å². The SMILES string of the molecule is NCC(c1ccc2c(c1)CC(=O)N2)N1CCOCC1. The lowest BCUT2D eigenvalue weighted by Gasteiger charge is -2.34. The smallest absolute Gasteiger partial charge is 0.228 e. The highest BCUT2D eigenvalue weighted by molar-refractivity contribution is 5.99. The van der Waals surface area contributed by atoms with Crippen LogP contribution in [0.3, 0.4) is 0 Å². The first-order valence-electron chi connectivity index (χ1n) is 6.72. The molecule has 5 nitrogen and oxygen atoms in total. The summed E-state index contributed by atoms with van der Waals surface area (Å²) >= 11 is 0. The molecule has 2 heterocycles. The molecule has 1 fully saturated rings. The fourth-order valence-electron chi connectivity index (χ4n) is 2.84. The maximum atomic E-state index is 11.4. The number of carbonyl (C=O) groups excluding carboxylic acids is 1. The zero-order chi connectivity index (χ0) is 13.2. The first kappa shape index (κ1) is 12.6. The van der Waals surface area contributed by atoms with Crippen molar-refractivity contribution in [1.29, 1.82) is 0 Å². The summed E-state index contributed by atoms with van der Waals surface area (Å²) in [7, 11) is 0. The van der Waals surface area contributed by atoms with Crippen LogP contribution in [0.5, 0.6) is 0 Å². The monoisotopic (exact) mass is 261 g/mol. The fourth-order valence-corrected chi connectivity index (χ4v) is 2.84. The van der Waals surface area contributed by atoms with E-state index in [0.717, 1.165) is 37.6 Å². The highest BCUT2D eigenvalue weighted by Gasteiger charge is 2.24. The molecule has 0 radical (unpaired) electrons. The standard InChI is InChI=1S/C14H19N3O2/c15-9-13(17-3-5-19-6-4-17)10-1-2-12-11(7-10)8-14(18)16-12/h1-2,7,13H,3-6,8-9,15H2,(H,16,18). The Morgan fingerprint density at radius 2 is 2.16 bits per heavy atom. The average Bonchev–Trinajstić information content (AvgIpc) is 2.80. The van der Waals surface area contributed by atoms with Gasteiger partial charge in [-0.3, -0.25) is 9.69 Å². The average molecular weight is 261 g/mol. The lowest BCUT2D eigenvalue weighted by atomic mass is 10.0. The largest absolute Gasteiger partial charge is 0.379 e. The van der Waals surface area contributed by atoms with Crippen molar-refractivity contribution in [3.05, 3.63) is 29.3 Å². The minimum absolute atomic E-state index is 0.0721. The topological polar surface area (TPSA) is 67.6 Å². The van der Waals surface area contributed by atoms with Gasteiger partial charge in [-0.25, -0.2) is 0 Å². The number of nitrogens with zero attached hydrogens (tertiary/aromatic N) is 1. The van der Waals surface area contributed by atoms with E-state index in [1.165, 1.54) is 5.56 Å². The zero-order valence-corrected chi connectivity index (χ0v) is 10.9. The van der Waals surface area contributed by atoms with Crippen LogP contribution in [0.2, 0.25) is 0 Å². The van der Waals surface area contributed by atoms with Crippen molar-refractivity contribution in [2.24, 2.45) is 5.73 Å². The highest BCUT2D eigenvalue weighted by atomic mass is 16.5. The van der Waals surface area contributed by atoms with Gasteiger partial charge in [0.05, 0.1) is 19.6 Å². The number of morpholine rings is 1. The molecule has 1 unspecified atom stereocenters. The minimum Gasteiger partial charge on any atom is -0.379 e. The normalized spacial score (nSPS) is 21.0. The second-order valence-electron chi connectivity index (χ2n) is 5.04. The molecule has 1 aromatic carbocycles. The molecule has 0 aromatic heterocycles. The van der Waals surface area contributed by atoms with Crippen molar-refractivity contribution in [2.45, 2.75) is 12.5 Å². The molecule has 1 atom stereocenters. The highest BCUT2D eigenvalue weighted by Crippen LogP contribution is 2.28. The van der Waals surface area contributed by atoms with Crippen LogP contribution in [0.25, 0.3) is 0 Å². The molecular weight excluding hydrogens is 242 g/mol. The summed E-state index contributed by atoms with van der Waals surface area (Å²) in [5.41, 5.74) is 9.15. The number of hydrogen-bond donors (Lipinski definition) is 2. The molecule has 2 aliphatic rings. The second-order valence-corrected chi connectivity index (χ2v) is 5.04. The van der Waals surface area contributed by atoms with Gasteiger partial charge in [0.25, 0.3) is 0 Å². The van der Waals surface area contributed by atoms with Crippen LogP contribution in [-0.2, 0) is 16.0 Å². The van der Waals surface area contributed by atoms with E-state index >= 15 is 0 Å². The third-order valence-corrected chi connectivity index (χ3v) is 3.85. The van der Waals surface area contributed by atoms with Gasteiger partial charge in [-0.05, 0) is 17.2 Å². The van der Waals surface area contributed by atoms with Gasteiger partial charge in [0, 0.05) is 31.4 Å². The molecule has 1 saturated heterocycles. The first-order valence-corrected chi connectivity index (χ1v) is 6.72. The molecule has 102 valence electrons. The Bertz CT molecular complexity index is 484. The summed E-state index contributed by atoms with van der Waals surface area (Å²) in [5.74, 6) is 0.0721. The Morgan fingerprint density at radius 3 is 2.89 bits per heavy atom. The van der Waals surface area contributed by atoms with Crippen LogP contribution < -0.4 is 11.1 Å². The minimum atomic E-state index is 0.0721. The van der Waals surface area contributed by atoms with E-state index in [2.05, 4.69) is 22.3 Å². The van der Waals surface area contributed by atoms with E-state index in [1.54, 1.807) is 0 Å². The summed E-state index contributed by atoms with van der Waals surface area (Å²) < 4.78 is 5.38. The molecule has 0 aliphatic carbocycles. The summed E-state index contributed by atoms with van der Waals surface area (Å²) in [6, 6.07) is 6.38. The molecule has 2 aliphatic heterocycles. The summed E-state index contributed by atoms with van der Waals surface area (Å²) in [5, 5.41) is 2.86. The van der Waals surface area contributed by atoms with Crippen LogP contribution in [0.4, 0.5) is 5.69 Å². The fraction of sp³-hybridized carbons (Fsp3) is 0.500. The number of fused-ring (bicyclic) bond motifs is 1. The number of nitrogens with two attached hydrogens (primary N) is 1. The van der Waals surface area contributed by atoms with Crippen molar-refractivity contribution in [1.82, 2.24) is 4.90 Å². The Kier molecular flexibility index (Phi) is 3.50. The number of amides is 1. The third kappa shape index (κ3) is 2.49. The molecule has 0 spiro atoms. The van der Waals surface area contributed by atoms with E-state index < -0.39 is 0 Å². The Balaban J connectivity index is 1.83. The maximum Gasteiger partial charge on any atom is 0.228 e. The number of hydrogen-bond acceptors (Lipinski definition) is 4. The lowest BCUT2D eigenvalue weighted by molar-refractivity contribution is -0.115. The Hall–Kier alpha value is -1.43. The maximum absolute atomic E-state index is 11.4. The number of rotatable bonds is 3. The van der Waals surface area contributed by atoms with Crippen LogP contribution in [0.15, 0.2) is 18.2 Å². The predicted molar refractivity (Wildman–Crippen MR) is 73.0 cm³/mol. The van der Waals surface area contributed by atoms with Gasteiger partial charge in [-0.15, -0.1) is 0 Å². The van der Waals surface area contributed by atoms with E-state index in [-0.39, 0.29) is 11.9 Å². The van der Waals surface area contributed by atoms with E-state index in [0.29, 0.717) is 13.0 Å². The van der Waals surface area contributed by atoms with Crippen LogP contribution in [0.1, 0.15) is 17.2 Å². The Morgan fingerprint density at radius 1 is 1.37 bits per heavy atom. The summed E-state index contributed by atoms with van der Waals surface area (Å²) in [6.07, 6.45) is 0.476. The van der Waals surface area contributed by atoms with Gasteiger partial charge in [0.2, 0.25) is 5.91 Å². The van der Waals surface area contributed by atoms with Gasteiger partial charge in [0.1, 0.15) is 0 Å². The van der Waals surface area contributed by atoms with Crippen LogP contribution >= 0.6 is 0 Å². The van der Waals surface area contributed by atoms with Crippen molar-refractivity contribution in [3.8, 4) is 0 Å². The van der Waals surface area contributed by atoms with E-state index in [1.807, 2.05) is 6.07 Å². The van der Waals surface area contributed by atoms with Gasteiger partial charge < -0.3 is 15.8 Å². The first-order chi connectivity index (χ1) is 9.28. The van der Waals surface area contributed by atoms with E-state index in [4.69, 9.17) is 10.5 Å². The number of carbonyl (C=O) groups is 1. The lowest BCUT2D eigenvalue weighted by Crippen LogP contribution is -2.41. The van der Waals surface area contributed by atoms with Crippen LogP contribution in [0, 0.1) is 0 Å². The van der Waals surface area contributed by atoms with E-state index in [9.17, 15) is 4.79 Å². The van der Waals surface area contributed by atoms with Crippen molar-refractivity contribution in [2.75, 3.05) is 38.2 Å².